The third-order valence-electron chi connectivity index (χ3n) is 2.92. The first-order valence-electron chi connectivity index (χ1n) is 5.95. The Kier molecular flexibility index (Phi) is 5.89. The van der Waals surface area contributed by atoms with Crippen LogP contribution >= 0.6 is 15.9 Å². The van der Waals surface area contributed by atoms with E-state index in [4.69, 9.17) is 4.74 Å². The summed E-state index contributed by atoms with van der Waals surface area (Å²) in [5.41, 5.74) is 1.30. The maximum absolute atomic E-state index is 5.37. The third kappa shape index (κ3) is 3.82. The molecule has 1 rings (SSSR count). The average molecular weight is 285 g/mol. The molecule has 0 spiro atoms. The quantitative estimate of drug-likeness (QED) is 0.702. The van der Waals surface area contributed by atoms with Gasteiger partial charge in [-0.1, -0.05) is 54.4 Å². The summed E-state index contributed by atoms with van der Waals surface area (Å²) in [6.07, 6.45) is 3.53. The second-order valence-electron chi connectivity index (χ2n) is 4.30. The Morgan fingerprint density at radius 2 is 2.00 bits per heavy atom. The number of benzene rings is 1. The van der Waals surface area contributed by atoms with Crippen molar-refractivity contribution in [2.24, 2.45) is 5.92 Å². The summed E-state index contributed by atoms with van der Waals surface area (Å²) in [5.74, 6) is 1.64. The minimum Gasteiger partial charge on any atom is -0.496 e. The van der Waals surface area contributed by atoms with Crippen LogP contribution < -0.4 is 4.74 Å². The standard InChI is InChI=1S/C14H21BrO/c1-4-7-13(15)11(2)10-12-8-5-6-9-14(12)16-3/h5-6,8-9,11,13H,4,7,10H2,1-3H3. The van der Waals surface area contributed by atoms with Crippen molar-refractivity contribution in [2.45, 2.75) is 37.9 Å². The predicted octanol–water partition coefficient (Wildman–Crippen LogP) is 4.44. The lowest BCUT2D eigenvalue weighted by molar-refractivity contribution is 0.404. The number of ether oxygens (including phenoxy) is 1. The van der Waals surface area contributed by atoms with Crippen LogP contribution in [0.25, 0.3) is 0 Å². The molecule has 0 amide bonds. The predicted molar refractivity (Wildman–Crippen MR) is 73.5 cm³/mol. The van der Waals surface area contributed by atoms with E-state index in [1.807, 2.05) is 12.1 Å². The molecule has 0 saturated carbocycles. The molecule has 2 unspecified atom stereocenters. The molecule has 1 aromatic rings. The second kappa shape index (κ2) is 6.95. The molecule has 0 aliphatic heterocycles. The fraction of sp³-hybridized carbons (Fsp3) is 0.571. The molecule has 0 aliphatic rings. The smallest absolute Gasteiger partial charge is 0.122 e. The maximum Gasteiger partial charge on any atom is 0.122 e. The molecular formula is C14H21BrO. The van der Waals surface area contributed by atoms with E-state index >= 15 is 0 Å². The molecule has 0 N–H and O–H groups in total. The van der Waals surface area contributed by atoms with Gasteiger partial charge in [0.25, 0.3) is 0 Å². The van der Waals surface area contributed by atoms with Crippen molar-refractivity contribution in [1.29, 1.82) is 0 Å². The van der Waals surface area contributed by atoms with E-state index in [2.05, 4.69) is 41.9 Å². The van der Waals surface area contributed by atoms with Gasteiger partial charge < -0.3 is 4.74 Å². The Balaban J connectivity index is 2.64. The lowest BCUT2D eigenvalue weighted by atomic mass is 9.95. The van der Waals surface area contributed by atoms with Crippen molar-refractivity contribution in [2.75, 3.05) is 7.11 Å². The molecule has 0 fully saturated rings. The van der Waals surface area contributed by atoms with Crippen molar-refractivity contribution in [3.8, 4) is 5.75 Å². The van der Waals surface area contributed by atoms with E-state index in [0.29, 0.717) is 10.7 Å². The summed E-state index contributed by atoms with van der Waals surface area (Å²) in [6.45, 7) is 4.52. The van der Waals surface area contributed by atoms with Gasteiger partial charge in [-0.15, -0.1) is 0 Å². The van der Waals surface area contributed by atoms with Crippen LogP contribution in [0.4, 0.5) is 0 Å². The van der Waals surface area contributed by atoms with Crippen LogP contribution in [-0.4, -0.2) is 11.9 Å². The topological polar surface area (TPSA) is 9.23 Å². The van der Waals surface area contributed by atoms with E-state index in [1.165, 1.54) is 18.4 Å². The Morgan fingerprint density at radius 1 is 1.31 bits per heavy atom. The van der Waals surface area contributed by atoms with Crippen LogP contribution in [0.1, 0.15) is 32.3 Å². The van der Waals surface area contributed by atoms with Crippen LogP contribution in [0, 0.1) is 5.92 Å². The van der Waals surface area contributed by atoms with Crippen molar-refractivity contribution in [3.05, 3.63) is 29.8 Å². The van der Waals surface area contributed by atoms with Gasteiger partial charge in [0, 0.05) is 4.83 Å². The number of para-hydroxylation sites is 1. The average Bonchev–Trinajstić information content (AvgIpc) is 2.30. The molecule has 0 aromatic heterocycles. The molecule has 0 bridgehead atoms. The highest BCUT2D eigenvalue weighted by molar-refractivity contribution is 9.09. The SMILES string of the molecule is CCCC(Br)C(C)Cc1ccccc1OC. The summed E-state index contributed by atoms with van der Waals surface area (Å²) in [5, 5.41) is 0. The van der Waals surface area contributed by atoms with Gasteiger partial charge in [-0.25, -0.2) is 0 Å². The largest absolute Gasteiger partial charge is 0.496 e. The van der Waals surface area contributed by atoms with Gasteiger partial charge in [-0.2, -0.15) is 0 Å². The normalized spacial score (nSPS) is 14.5. The van der Waals surface area contributed by atoms with Crippen LogP contribution in [0.2, 0.25) is 0 Å². The molecule has 16 heavy (non-hydrogen) atoms. The molecule has 2 heteroatoms. The van der Waals surface area contributed by atoms with Crippen LogP contribution in [0.15, 0.2) is 24.3 Å². The lowest BCUT2D eigenvalue weighted by Crippen LogP contribution is -2.13. The van der Waals surface area contributed by atoms with E-state index in [9.17, 15) is 0 Å². The Bertz CT molecular complexity index is 311. The van der Waals surface area contributed by atoms with Gasteiger partial charge in [0.15, 0.2) is 0 Å². The number of rotatable bonds is 6. The second-order valence-corrected chi connectivity index (χ2v) is 5.47. The molecule has 0 saturated heterocycles. The number of alkyl halides is 1. The van der Waals surface area contributed by atoms with Crippen molar-refractivity contribution < 1.29 is 4.74 Å². The molecule has 90 valence electrons. The molecule has 0 heterocycles. The van der Waals surface area contributed by atoms with Crippen molar-refractivity contribution >= 4 is 15.9 Å². The van der Waals surface area contributed by atoms with Gasteiger partial charge >= 0.3 is 0 Å². The van der Waals surface area contributed by atoms with Gasteiger partial charge in [0.1, 0.15) is 5.75 Å². The Labute approximate surface area is 107 Å². The van der Waals surface area contributed by atoms with Gasteiger partial charge in [0.05, 0.1) is 7.11 Å². The van der Waals surface area contributed by atoms with E-state index in [1.54, 1.807) is 7.11 Å². The zero-order valence-corrected chi connectivity index (χ0v) is 12.0. The lowest BCUT2D eigenvalue weighted by Gasteiger charge is -2.19. The Hall–Kier alpha value is -0.500. The number of halogens is 1. The zero-order chi connectivity index (χ0) is 12.0. The van der Waals surface area contributed by atoms with E-state index in [0.717, 1.165) is 12.2 Å². The summed E-state index contributed by atoms with van der Waals surface area (Å²) < 4.78 is 5.37. The summed E-state index contributed by atoms with van der Waals surface area (Å²) in [7, 11) is 1.74. The highest BCUT2D eigenvalue weighted by atomic mass is 79.9. The fourth-order valence-corrected chi connectivity index (χ4v) is 2.55. The highest BCUT2D eigenvalue weighted by Crippen LogP contribution is 2.26. The summed E-state index contributed by atoms with van der Waals surface area (Å²) in [6, 6.07) is 8.28. The molecule has 0 aliphatic carbocycles. The van der Waals surface area contributed by atoms with Crippen LogP contribution in [-0.2, 0) is 6.42 Å². The minimum absolute atomic E-state index is 0.599. The van der Waals surface area contributed by atoms with Crippen molar-refractivity contribution in [1.82, 2.24) is 0 Å². The number of methoxy groups -OCH3 is 1. The summed E-state index contributed by atoms with van der Waals surface area (Å²) in [4.78, 5) is 0.599. The fourth-order valence-electron chi connectivity index (χ4n) is 1.91. The molecule has 1 aromatic carbocycles. The number of hydrogen-bond acceptors (Lipinski definition) is 1. The maximum atomic E-state index is 5.37. The van der Waals surface area contributed by atoms with Crippen LogP contribution in [0.3, 0.4) is 0 Å². The molecule has 2 atom stereocenters. The molecular weight excluding hydrogens is 264 g/mol. The van der Waals surface area contributed by atoms with Crippen LogP contribution in [0.5, 0.6) is 5.75 Å². The first-order chi connectivity index (χ1) is 7.69. The van der Waals surface area contributed by atoms with Gasteiger partial charge in [0.2, 0.25) is 0 Å². The Morgan fingerprint density at radius 3 is 2.62 bits per heavy atom. The summed E-state index contributed by atoms with van der Waals surface area (Å²) >= 11 is 3.77. The van der Waals surface area contributed by atoms with Gasteiger partial charge in [-0.3, -0.25) is 0 Å². The zero-order valence-electron chi connectivity index (χ0n) is 10.4. The van der Waals surface area contributed by atoms with Crippen molar-refractivity contribution in [3.63, 3.8) is 0 Å². The molecule has 1 nitrogen and oxygen atoms in total. The first kappa shape index (κ1) is 13.6. The minimum atomic E-state index is 0.599. The first-order valence-corrected chi connectivity index (χ1v) is 6.86. The highest BCUT2D eigenvalue weighted by Gasteiger charge is 2.15. The monoisotopic (exact) mass is 284 g/mol. The van der Waals surface area contributed by atoms with Gasteiger partial charge in [-0.05, 0) is 30.4 Å². The molecule has 0 radical (unpaired) electrons. The third-order valence-corrected chi connectivity index (χ3v) is 4.28. The van der Waals surface area contributed by atoms with E-state index in [-0.39, 0.29) is 0 Å². The number of hydrogen-bond donors (Lipinski definition) is 0. The van der Waals surface area contributed by atoms with E-state index < -0.39 is 0 Å².